The van der Waals surface area contributed by atoms with E-state index in [9.17, 15) is 5.11 Å². The lowest BCUT2D eigenvalue weighted by Crippen LogP contribution is -2.20. The molecule has 0 aromatic heterocycles. The minimum Gasteiger partial charge on any atom is -0.396 e. The summed E-state index contributed by atoms with van der Waals surface area (Å²) < 4.78 is 0. The molecule has 0 bridgehead atoms. The van der Waals surface area contributed by atoms with Gasteiger partial charge in [0.15, 0.2) is 0 Å². The number of aryl methyl sites for hydroxylation is 1. The van der Waals surface area contributed by atoms with E-state index in [0.717, 1.165) is 0 Å². The van der Waals surface area contributed by atoms with Gasteiger partial charge in [-0.2, -0.15) is 0 Å². The summed E-state index contributed by atoms with van der Waals surface area (Å²) in [6.07, 6.45) is 2.48. The monoisotopic (exact) mass is 218 g/mol. The maximum atomic E-state index is 9.35. The second-order valence-corrected chi connectivity index (χ2v) is 5.38. The van der Waals surface area contributed by atoms with Gasteiger partial charge in [-0.25, -0.2) is 0 Å². The molecular formula is C15H22O. The van der Waals surface area contributed by atoms with Crippen molar-refractivity contribution >= 4 is 0 Å². The van der Waals surface area contributed by atoms with Crippen LogP contribution in [0.25, 0.3) is 0 Å². The number of aliphatic hydroxyl groups is 1. The molecule has 0 heterocycles. The molecule has 0 saturated heterocycles. The topological polar surface area (TPSA) is 20.2 Å². The first kappa shape index (κ1) is 11.7. The molecule has 0 amide bonds. The zero-order valence-electron chi connectivity index (χ0n) is 10.5. The fraction of sp³-hybridized carbons (Fsp3) is 0.600. The molecule has 0 saturated carbocycles. The highest BCUT2D eigenvalue weighted by Gasteiger charge is 2.28. The largest absolute Gasteiger partial charge is 0.396 e. The average molecular weight is 218 g/mol. The first-order valence-electron chi connectivity index (χ1n) is 6.34. The number of fused-ring (bicyclic) bond motifs is 1. The lowest BCUT2D eigenvalue weighted by molar-refractivity contribution is 0.206. The number of hydrogen-bond donors (Lipinski definition) is 1. The molecule has 1 heteroatoms. The second-order valence-electron chi connectivity index (χ2n) is 5.38. The Kier molecular flexibility index (Phi) is 3.34. The van der Waals surface area contributed by atoms with Crippen molar-refractivity contribution < 1.29 is 5.11 Å². The molecule has 1 aliphatic carbocycles. The molecule has 2 rings (SSSR count). The quantitative estimate of drug-likeness (QED) is 0.804. The van der Waals surface area contributed by atoms with Crippen LogP contribution in [-0.2, 0) is 0 Å². The Morgan fingerprint density at radius 2 is 2.06 bits per heavy atom. The van der Waals surface area contributed by atoms with Crippen LogP contribution in [0, 0.1) is 12.8 Å². The smallest absolute Gasteiger partial charge is 0.0462 e. The molecule has 1 aromatic carbocycles. The molecule has 0 fully saturated rings. The highest BCUT2D eigenvalue weighted by molar-refractivity contribution is 5.38. The Bertz CT molecular complexity index is 370. The van der Waals surface area contributed by atoms with Crippen molar-refractivity contribution in [1.29, 1.82) is 0 Å². The highest BCUT2D eigenvalue weighted by Crippen LogP contribution is 2.42. The minimum absolute atomic E-state index is 0.298. The Balaban J connectivity index is 2.41. The molecule has 1 aromatic rings. The lowest BCUT2D eigenvalue weighted by atomic mass is 9.72. The van der Waals surface area contributed by atoms with Crippen LogP contribution in [0.15, 0.2) is 18.2 Å². The van der Waals surface area contributed by atoms with Gasteiger partial charge in [0.1, 0.15) is 0 Å². The molecule has 0 spiro atoms. The maximum Gasteiger partial charge on any atom is 0.0462 e. The Morgan fingerprint density at radius 3 is 2.75 bits per heavy atom. The molecule has 88 valence electrons. The number of aliphatic hydroxyl groups excluding tert-OH is 1. The van der Waals surface area contributed by atoms with E-state index in [1.807, 2.05) is 0 Å². The minimum atomic E-state index is 0.298. The predicted molar refractivity (Wildman–Crippen MR) is 67.8 cm³/mol. The van der Waals surface area contributed by atoms with Crippen LogP contribution in [-0.4, -0.2) is 11.7 Å². The first-order valence-corrected chi connectivity index (χ1v) is 6.34. The van der Waals surface area contributed by atoms with E-state index in [4.69, 9.17) is 0 Å². The Hall–Kier alpha value is -0.820. The molecule has 1 nitrogen and oxygen atoms in total. The molecule has 16 heavy (non-hydrogen) atoms. The van der Waals surface area contributed by atoms with Gasteiger partial charge < -0.3 is 5.11 Å². The summed E-state index contributed by atoms with van der Waals surface area (Å²) >= 11 is 0. The van der Waals surface area contributed by atoms with Gasteiger partial charge in [-0.15, -0.1) is 0 Å². The maximum absolute atomic E-state index is 9.35. The predicted octanol–water partition coefficient (Wildman–Crippen LogP) is 3.60. The van der Waals surface area contributed by atoms with Gasteiger partial charge in [0.25, 0.3) is 0 Å². The van der Waals surface area contributed by atoms with E-state index in [2.05, 4.69) is 39.0 Å². The summed E-state index contributed by atoms with van der Waals surface area (Å²) in [6, 6.07) is 6.81. The zero-order valence-corrected chi connectivity index (χ0v) is 10.5. The summed E-state index contributed by atoms with van der Waals surface area (Å²) in [6.45, 7) is 6.92. The van der Waals surface area contributed by atoms with Crippen molar-refractivity contribution in [2.24, 2.45) is 5.92 Å². The normalized spacial score (nSPS) is 26.2. The van der Waals surface area contributed by atoms with E-state index in [1.54, 1.807) is 0 Å². The van der Waals surface area contributed by atoms with Gasteiger partial charge in [-0.1, -0.05) is 37.6 Å². The van der Waals surface area contributed by atoms with Crippen LogP contribution in [0.4, 0.5) is 0 Å². The van der Waals surface area contributed by atoms with E-state index < -0.39 is 0 Å². The van der Waals surface area contributed by atoms with Crippen molar-refractivity contribution in [3.05, 3.63) is 34.9 Å². The van der Waals surface area contributed by atoms with Crippen LogP contribution < -0.4 is 0 Å². The van der Waals surface area contributed by atoms with Gasteiger partial charge in [0, 0.05) is 6.61 Å². The molecular weight excluding hydrogens is 196 g/mol. The van der Waals surface area contributed by atoms with Crippen molar-refractivity contribution in [3.8, 4) is 0 Å². The molecule has 0 radical (unpaired) electrons. The summed E-state index contributed by atoms with van der Waals surface area (Å²) in [4.78, 5) is 0. The SMILES string of the molecule is Cc1ccc2c(c1)[C@@H]([C@H](C)CO)CC[C@@H]2C. The number of benzene rings is 1. The zero-order chi connectivity index (χ0) is 11.7. The van der Waals surface area contributed by atoms with Crippen LogP contribution in [0.3, 0.4) is 0 Å². The molecule has 1 aliphatic rings. The Labute approximate surface area is 98.5 Å². The third-order valence-electron chi connectivity index (χ3n) is 4.06. The van der Waals surface area contributed by atoms with E-state index >= 15 is 0 Å². The van der Waals surface area contributed by atoms with Crippen molar-refractivity contribution in [3.63, 3.8) is 0 Å². The third-order valence-corrected chi connectivity index (χ3v) is 4.06. The fourth-order valence-electron chi connectivity index (χ4n) is 2.92. The van der Waals surface area contributed by atoms with Crippen LogP contribution >= 0.6 is 0 Å². The Morgan fingerprint density at radius 1 is 1.31 bits per heavy atom. The van der Waals surface area contributed by atoms with Gasteiger partial charge in [0.05, 0.1) is 0 Å². The third kappa shape index (κ3) is 2.01. The summed E-state index contributed by atoms with van der Waals surface area (Å²) in [5.41, 5.74) is 4.32. The van der Waals surface area contributed by atoms with E-state index in [1.165, 1.54) is 29.5 Å². The van der Waals surface area contributed by atoms with Gasteiger partial charge in [0.2, 0.25) is 0 Å². The molecule has 0 aliphatic heterocycles. The van der Waals surface area contributed by atoms with E-state index in [0.29, 0.717) is 24.4 Å². The standard InChI is InChI=1S/C15H22O/c1-10-4-6-13-11(2)5-7-14(12(3)9-16)15(13)8-10/h4,6,8,11-12,14,16H,5,7,9H2,1-3H3/t11-,12+,14+/m0/s1. The van der Waals surface area contributed by atoms with Gasteiger partial charge in [-0.3, -0.25) is 0 Å². The highest BCUT2D eigenvalue weighted by atomic mass is 16.3. The van der Waals surface area contributed by atoms with Crippen molar-refractivity contribution in [1.82, 2.24) is 0 Å². The fourth-order valence-corrected chi connectivity index (χ4v) is 2.92. The van der Waals surface area contributed by atoms with Crippen LogP contribution in [0.2, 0.25) is 0 Å². The van der Waals surface area contributed by atoms with E-state index in [-0.39, 0.29) is 0 Å². The van der Waals surface area contributed by atoms with Crippen LogP contribution in [0.5, 0.6) is 0 Å². The number of hydrogen-bond acceptors (Lipinski definition) is 1. The molecule has 1 N–H and O–H groups in total. The van der Waals surface area contributed by atoms with Gasteiger partial charge in [-0.05, 0) is 48.6 Å². The summed E-state index contributed by atoms with van der Waals surface area (Å²) in [7, 11) is 0. The van der Waals surface area contributed by atoms with Crippen LogP contribution in [0.1, 0.15) is 55.2 Å². The first-order chi connectivity index (χ1) is 7.63. The van der Waals surface area contributed by atoms with Gasteiger partial charge >= 0.3 is 0 Å². The summed E-state index contributed by atoms with van der Waals surface area (Å²) in [5.74, 6) is 1.61. The van der Waals surface area contributed by atoms with Crippen molar-refractivity contribution in [2.45, 2.75) is 45.4 Å². The van der Waals surface area contributed by atoms with Crippen molar-refractivity contribution in [2.75, 3.05) is 6.61 Å². The average Bonchev–Trinajstić information content (AvgIpc) is 2.28. The second kappa shape index (κ2) is 4.58. The summed E-state index contributed by atoms with van der Waals surface area (Å²) in [5, 5.41) is 9.35. The lowest BCUT2D eigenvalue weighted by Gasteiger charge is -2.33. The molecule has 0 unspecified atom stereocenters. The number of rotatable bonds is 2. The molecule has 3 atom stereocenters.